The maximum atomic E-state index is 10.8. The quantitative estimate of drug-likeness (QED) is 0.907. The first-order chi connectivity index (χ1) is 9.02. The first-order valence-electron chi connectivity index (χ1n) is 6.62. The zero-order valence-electron chi connectivity index (χ0n) is 11.6. The topological polar surface area (TPSA) is 62.9 Å². The number of furan rings is 1. The number of ether oxygens (including phenoxy) is 1. The normalized spacial score (nSPS) is 26.3. The first kappa shape index (κ1) is 14.1. The number of methoxy groups -OCH3 is 1. The average Bonchev–Trinajstić information content (AvgIpc) is 2.88. The molecule has 0 bridgehead atoms. The molecular weight excluding hydrogens is 246 g/mol. The lowest BCUT2D eigenvalue weighted by molar-refractivity contribution is -0.0198. The Balaban J connectivity index is 2.06. The number of aromatic carboxylic acids is 1. The summed E-state index contributed by atoms with van der Waals surface area (Å²) in [4.78, 5) is 13.1. The second-order valence-electron chi connectivity index (χ2n) is 5.22. The van der Waals surface area contributed by atoms with E-state index in [2.05, 4.69) is 11.8 Å². The lowest BCUT2D eigenvalue weighted by Crippen LogP contribution is -2.44. The predicted octanol–water partition coefficient (Wildman–Crippen LogP) is 2.40. The number of hydrogen-bond acceptors (Lipinski definition) is 4. The molecule has 0 radical (unpaired) electrons. The Morgan fingerprint density at radius 1 is 1.58 bits per heavy atom. The van der Waals surface area contributed by atoms with Gasteiger partial charge < -0.3 is 14.3 Å². The van der Waals surface area contributed by atoms with Crippen molar-refractivity contribution in [2.24, 2.45) is 5.92 Å². The van der Waals surface area contributed by atoms with Crippen LogP contribution in [0.25, 0.3) is 0 Å². The summed E-state index contributed by atoms with van der Waals surface area (Å²) in [6, 6.07) is 3.32. The third-order valence-electron chi connectivity index (χ3n) is 4.02. The average molecular weight is 267 g/mol. The van der Waals surface area contributed by atoms with Crippen LogP contribution < -0.4 is 0 Å². The van der Waals surface area contributed by atoms with Gasteiger partial charge in [0.25, 0.3) is 0 Å². The van der Waals surface area contributed by atoms with Gasteiger partial charge in [-0.2, -0.15) is 0 Å². The SMILES string of the molecule is COC1CN(C(C)c2ccc(C(=O)O)o2)CCC1C. The third kappa shape index (κ3) is 2.98. The van der Waals surface area contributed by atoms with Gasteiger partial charge in [0.05, 0.1) is 12.1 Å². The van der Waals surface area contributed by atoms with E-state index in [1.54, 1.807) is 13.2 Å². The van der Waals surface area contributed by atoms with E-state index in [1.807, 2.05) is 6.92 Å². The van der Waals surface area contributed by atoms with Crippen LogP contribution in [0.5, 0.6) is 0 Å². The molecule has 0 saturated carbocycles. The van der Waals surface area contributed by atoms with E-state index >= 15 is 0 Å². The molecule has 19 heavy (non-hydrogen) atoms. The Labute approximate surface area is 113 Å². The van der Waals surface area contributed by atoms with E-state index in [0.29, 0.717) is 11.7 Å². The summed E-state index contributed by atoms with van der Waals surface area (Å²) in [6.07, 6.45) is 1.31. The number of piperidine rings is 1. The fourth-order valence-electron chi connectivity index (χ4n) is 2.59. The Morgan fingerprint density at radius 2 is 2.32 bits per heavy atom. The molecule has 0 aliphatic carbocycles. The molecule has 5 heteroatoms. The molecule has 3 atom stereocenters. The molecule has 2 rings (SSSR count). The molecule has 106 valence electrons. The lowest BCUT2D eigenvalue weighted by Gasteiger charge is -2.38. The number of carboxylic acids is 1. The Bertz CT molecular complexity index is 442. The number of nitrogens with zero attached hydrogens (tertiary/aromatic N) is 1. The summed E-state index contributed by atoms with van der Waals surface area (Å²) in [7, 11) is 1.74. The van der Waals surface area contributed by atoms with Crippen molar-refractivity contribution >= 4 is 5.97 Å². The minimum atomic E-state index is -1.03. The van der Waals surface area contributed by atoms with Crippen LogP contribution in [0.1, 0.15) is 42.6 Å². The van der Waals surface area contributed by atoms with Crippen molar-refractivity contribution < 1.29 is 19.1 Å². The number of carbonyl (C=O) groups is 1. The van der Waals surface area contributed by atoms with E-state index in [9.17, 15) is 4.79 Å². The Morgan fingerprint density at radius 3 is 2.89 bits per heavy atom. The van der Waals surface area contributed by atoms with Gasteiger partial charge >= 0.3 is 5.97 Å². The van der Waals surface area contributed by atoms with Gasteiger partial charge in [0.2, 0.25) is 5.76 Å². The van der Waals surface area contributed by atoms with Gasteiger partial charge in [0, 0.05) is 13.7 Å². The van der Waals surface area contributed by atoms with Crippen LogP contribution in [0.3, 0.4) is 0 Å². The molecule has 0 aromatic carbocycles. The van der Waals surface area contributed by atoms with Gasteiger partial charge in [-0.1, -0.05) is 6.92 Å². The molecular formula is C14H21NO4. The van der Waals surface area contributed by atoms with Gasteiger partial charge in [-0.3, -0.25) is 4.90 Å². The summed E-state index contributed by atoms with van der Waals surface area (Å²) in [6.45, 7) is 6.06. The molecule has 0 spiro atoms. The summed E-state index contributed by atoms with van der Waals surface area (Å²) < 4.78 is 10.9. The van der Waals surface area contributed by atoms with Crippen molar-refractivity contribution in [1.29, 1.82) is 0 Å². The van der Waals surface area contributed by atoms with Crippen molar-refractivity contribution in [3.63, 3.8) is 0 Å². The fourth-order valence-corrected chi connectivity index (χ4v) is 2.59. The van der Waals surface area contributed by atoms with Gasteiger partial charge in [-0.15, -0.1) is 0 Å². The maximum Gasteiger partial charge on any atom is 0.371 e. The van der Waals surface area contributed by atoms with Crippen LogP contribution in [0.15, 0.2) is 16.5 Å². The lowest BCUT2D eigenvalue weighted by atomic mass is 9.94. The van der Waals surface area contributed by atoms with E-state index < -0.39 is 5.97 Å². The van der Waals surface area contributed by atoms with Gasteiger partial charge in [0.15, 0.2) is 0 Å². The molecule has 3 unspecified atom stereocenters. The summed E-state index contributed by atoms with van der Waals surface area (Å²) in [5.41, 5.74) is 0. The molecule has 1 N–H and O–H groups in total. The highest BCUT2D eigenvalue weighted by Crippen LogP contribution is 2.28. The van der Waals surface area contributed by atoms with Crippen molar-refractivity contribution in [3.05, 3.63) is 23.7 Å². The molecule has 1 aromatic heterocycles. The first-order valence-corrected chi connectivity index (χ1v) is 6.62. The second-order valence-corrected chi connectivity index (χ2v) is 5.22. The standard InChI is InChI=1S/C14H21NO4/c1-9-6-7-15(8-13(9)18-3)10(2)11-4-5-12(19-11)14(16)17/h4-5,9-10,13H,6-8H2,1-3H3,(H,16,17). The van der Waals surface area contributed by atoms with Crippen LogP contribution in [0.4, 0.5) is 0 Å². The largest absolute Gasteiger partial charge is 0.475 e. The second kappa shape index (κ2) is 5.75. The monoisotopic (exact) mass is 267 g/mol. The molecule has 1 aliphatic heterocycles. The van der Waals surface area contributed by atoms with Crippen LogP contribution in [0.2, 0.25) is 0 Å². The number of hydrogen-bond donors (Lipinski definition) is 1. The van der Waals surface area contributed by atoms with E-state index in [0.717, 1.165) is 19.5 Å². The molecule has 5 nitrogen and oxygen atoms in total. The zero-order chi connectivity index (χ0) is 14.0. The van der Waals surface area contributed by atoms with Crippen molar-refractivity contribution in [2.75, 3.05) is 20.2 Å². The predicted molar refractivity (Wildman–Crippen MR) is 70.2 cm³/mol. The van der Waals surface area contributed by atoms with Gasteiger partial charge in [-0.05, 0) is 37.9 Å². The van der Waals surface area contributed by atoms with Crippen LogP contribution in [0, 0.1) is 5.92 Å². The van der Waals surface area contributed by atoms with Crippen molar-refractivity contribution in [2.45, 2.75) is 32.4 Å². The zero-order valence-corrected chi connectivity index (χ0v) is 11.6. The summed E-state index contributed by atoms with van der Waals surface area (Å²) in [5, 5.41) is 8.88. The molecule has 1 aliphatic rings. The number of rotatable bonds is 4. The van der Waals surface area contributed by atoms with Crippen LogP contribution in [-0.2, 0) is 4.74 Å². The van der Waals surface area contributed by atoms with E-state index in [4.69, 9.17) is 14.3 Å². The minimum Gasteiger partial charge on any atom is -0.475 e. The highest BCUT2D eigenvalue weighted by Gasteiger charge is 2.30. The molecule has 1 saturated heterocycles. The Hall–Kier alpha value is -1.33. The van der Waals surface area contributed by atoms with Crippen molar-refractivity contribution in [3.8, 4) is 0 Å². The highest BCUT2D eigenvalue weighted by atomic mass is 16.5. The maximum absolute atomic E-state index is 10.8. The summed E-state index contributed by atoms with van der Waals surface area (Å²) in [5.74, 6) is 0.220. The van der Waals surface area contributed by atoms with Gasteiger partial charge in [0.1, 0.15) is 5.76 Å². The number of likely N-dealkylation sites (tertiary alicyclic amines) is 1. The smallest absolute Gasteiger partial charge is 0.371 e. The third-order valence-corrected chi connectivity index (χ3v) is 4.02. The molecule has 2 heterocycles. The van der Waals surface area contributed by atoms with Gasteiger partial charge in [-0.25, -0.2) is 4.79 Å². The van der Waals surface area contributed by atoms with Crippen LogP contribution >= 0.6 is 0 Å². The molecule has 0 amide bonds. The minimum absolute atomic E-state index is 0.00415. The molecule has 1 aromatic rings. The van der Waals surface area contributed by atoms with Crippen LogP contribution in [-0.4, -0.2) is 42.3 Å². The summed E-state index contributed by atoms with van der Waals surface area (Å²) >= 11 is 0. The molecule has 1 fully saturated rings. The number of carboxylic acid groups (broad SMARTS) is 1. The van der Waals surface area contributed by atoms with E-state index in [-0.39, 0.29) is 17.9 Å². The van der Waals surface area contributed by atoms with Crippen molar-refractivity contribution in [1.82, 2.24) is 4.90 Å². The fraction of sp³-hybridized carbons (Fsp3) is 0.643. The van der Waals surface area contributed by atoms with E-state index in [1.165, 1.54) is 6.07 Å². The Kier molecular flexibility index (Phi) is 4.27. The highest BCUT2D eigenvalue weighted by molar-refractivity contribution is 5.84.